The van der Waals surface area contributed by atoms with Gasteiger partial charge in [0.05, 0.1) is 0 Å². The van der Waals surface area contributed by atoms with Crippen molar-refractivity contribution in [2.24, 2.45) is 0 Å². The average Bonchev–Trinajstić information content (AvgIpc) is 2.97. The van der Waals surface area contributed by atoms with Crippen molar-refractivity contribution in [2.45, 2.75) is 31.8 Å². The molecule has 0 spiro atoms. The fourth-order valence-corrected chi connectivity index (χ4v) is 3.62. The molecule has 2 aliphatic rings. The van der Waals surface area contributed by atoms with Crippen LogP contribution in [-0.2, 0) is 17.8 Å². The smallest absolute Gasteiger partial charge is 0.223 e. The Bertz CT molecular complexity index is 775. The molecule has 1 fully saturated rings. The molecule has 0 unspecified atom stereocenters. The number of hydrogen-bond donors (Lipinski definition) is 0. The maximum atomic E-state index is 12.3. The van der Waals surface area contributed by atoms with E-state index in [4.69, 9.17) is 21.1 Å². The van der Waals surface area contributed by atoms with Gasteiger partial charge in [-0.1, -0.05) is 29.8 Å². The van der Waals surface area contributed by atoms with Gasteiger partial charge in [-0.15, -0.1) is 0 Å². The van der Waals surface area contributed by atoms with Gasteiger partial charge in [0.2, 0.25) is 5.91 Å². The lowest BCUT2D eigenvalue weighted by atomic mass is 10.0. The topological polar surface area (TPSA) is 38.8 Å². The molecule has 0 radical (unpaired) electrons. The zero-order chi connectivity index (χ0) is 17.2. The summed E-state index contributed by atoms with van der Waals surface area (Å²) in [4.78, 5) is 14.3. The molecule has 0 saturated carbocycles. The second kappa shape index (κ2) is 6.96. The van der Waals surface area contributed by atoms with Crippen LogP contribution >= 0.6 is 11.6 Å². The summed E-state index contributed by atoms with van der Waals surface area (Å²) in [5.41, 5.74) is 2.27. The summed E-state index contributed by atoms with van der Waals surface area (Å²) >= 11 is 5.95. The van der Waals surface area contributed by atoms with Crippen LogP contribution in [0.5, 0.6) is 11.5 Å². The highest BCUT2D eigenvalue weighted by molar-refractivity contribution is 6.30. The molecular formula is C20H20ClNO3. The minimum atomic E-state index is 0.214. The third-order valence-electron chi connectivity index (χ3n) is 4.80. The van der Waals surface area contributed by atoms with E-state index in [2.05, 4.69) is 6.07 Å². The Morgan fingerprint density at radius 2 is 1.72 bits per heavy atom. The van der Waals surface area contributed by atoms with Gasteiger partial charge in [0.25, 0.3) is 0 Å². The summed E-state index contributed by atoms with van der Waals surface area (Å²) in [6.07, 6.45) is 2.33. The summed E-state index contributed by atoms with van der Waals surface area (Å²) < 4.78 is 11.2. The Morgan fingerprint density at radius 3 is 2.52 bits per heavy atom. The molecule has 5 heteroatoms. The number of ether oxygens (including phenoxy) is 2. The van der Waals surface area contributed by atoms with Crippen LogP contribution in [0.2, 0.25) is 5.02 Å². The van der Waals surface area contributed by atoms with Gasteiger partial charge in [-0.2, -0.15) is 0 Å². The number of hydrogen-bond acceptors (Lipinski definition) is 3. The molecule has 2 aliphatic heterocycles. The number of carbonyl (C=O) groups is 1. The first kappa shape index (κ1) is 16.3. The number of rotatable bonds is 4. The van der Waals surface area contributed by atoms with E-state index in [9.17, 15) is 4.79 Å². The van der Waals surface area contributed by atoms with Crippen molar-refractivity contribution < 1.29 is 14.3 Å². The predicted octanol–water partition coefficient (Wildman–Crippen LogP) is 3.84. The molecule has 1 saturated heterocycles. The average molecular weight is 358 g/mol. The second-order valence-electron chi connectivity index (χ2n) is 6.52. The van der Waals surface area contributed by atoms with E-state index in [0.717, 1.165) is 29.9 Å². The van der Waals surface area contributed by atoms with Crippen LogP contribution in [-0.4, -0.2) is 30.1 Å². The summed E-state index contributed by atoms with van der Waals surface area (Å²) in [6.45, 7) is 1.81. The zero-order valence-electron chi connectivity index (χ0n) is 13.9. The first-order chi connectivity index (χ1) is 12.2. The number of carbonyl (C=O) groups excluding carboxylic acids is 1. The molecule has 130 valence electrons. The lowest BCUT2D eigenvalue weighted by molar-refractivity contribution is -0.129. The van der Waals surface area contributed by atoms with Gasteiger partial charge in [0, 0.05) is 24.0 Å². The number of fused-ring (bicyclic) bond motifs is 1. The van der Waals surface area contributed by atoms with Crippen molar-refractivity contribution in [3.63, 3.8) is 0 Å². The lowest BCUT2D eigenvalue weighted by Crippen LogP contribution is -2.33. The Kier molecular flexibility index (Phi) is 4.53. The number of benzene rings is 2. The number of likely N-dealkylation sites (tertiary alicyclic amines) is 1. The van der Waals surface area contributed by atoms with Crippen molar-refractivity contribution >= 4 is 17.5 Å². The summed E-state index contributed by atoms with van der Waals surface area (Å²) in [7, 11) is 0. The molecular weight excluding hydrogens is 338 g/mol. The van der Waals surface area contributed by atoms with Gasteiger partial charge < -0.3 is 14.4 Å². The minimum absolute atomic E-state index is 0.214. The van der Waals surface area contributed by atoms with Crippen molar-refractivity contribution in [3.05, 3.63) is 58.6 Å². The van der Waals surface area contributed by atoms with Crippen LogP contribution in [0, 0.1) is 0 Å². The molecule has 0 bridgehead atoms. The maximum Gasteiger partial charge on any atom is 0.223 e. The standard InChI is InChI=1S/C20H20ClNO3/c21-16-4-1-14(2-5-16)13-22-17(6-8-20(22)23)11-15-3-7-18-19(12-15)25-10-9-24-18/h1-5,7,12,17H,6,8-11,13H2/t17-/m0/s1. The molecule has 2 heterocycles. The van der Waals surface area contributed by atoms with Crippen molar-refractivity contribution in [1.82, 2.24) is 4.90 Å². The van der Waals surface area contributed by atoms with Crippen molar-refractivity contribution in [2.75, 3.05) is 13.2 Å². The van der Waals surface area contributed by atoms with E-state index in [0.29, 0.717) is 31.2 Å². The highest BCUT2D eigenvalue weighted by Gasteiger charge is 2.31. The van der Waals surface area contributed by atoms with E-state index in [1.807, 2.05) is 41.3 Å². The van der Waals surface area contributed by atoms with Gasteiger partial charge in [0.1, 0.15) is 13.2 Å². The van der Waals surface area contributed by atoms with Gasteiger partial charge in [0.15, 0.2) is 11.5 Å². The van der Waals surface area contributed by atoms with E-state index >= 15 is 0 Å². The van der Waals surface area contributed by atoms with Crippen LogP contribution in [0.25, 0.3) is 0 Å². The highest BCUT2D eigenvalue weighted by atomic mass is 35.5. The molecule has 0 aromatic heterocycles. The maximum absolute atomic E-state index is 12.3. The third kappa shape index (κ3) is 3.59. The Morgan fingerprint density at radius 1 is 1.00 bits per heavy atom. The van der Waals surface area contributed by atoms with Gasteiger partial charge in [-0.25, -0.2) is 0 Å². The molecule has 2 aromatic rings. The van der Waals surface area contributed by atoms with Crippen molar-refractivity contribution in [1.29, 1.82) is 0 Å². The normalized spacial score (nSPS) is 19.3. The third-order valence-corrected chi connectivity index (χ3v) is 5.05. The Labute approximate surface area is 152 Å². The van der Waals surface area contributed by atoms with E-state index in [-0.39, 0.29) is 11.9 Å². The molecule has 4 nitrogen and oxygen atoms in total. The first-order valence-electron chi connectivity index (χ1n) is 8.61. The number of nitrogens with zero attached hydrogens (tertiary/aromatic N) is 1. The van der Waals surface area contributed by atoms with E-state index < -0.39 is 0 Å². The molecule has 1 atom stereocenters. The zero-order valence-corrected chi connectivity index (χ0v) is 14.7. The highest BCUT2D eigenvalue weighted by Crippen LogP contribution is 2.32. The Balaban J connectivity index is 1.48. The quantitative estimate of drug-likeness (QED) is 0.834. The molecule has 0 aliphatic carbocycles. The summed E-state index contributed by atoms with van der Waals surface area (Å²) in [5.74, 6) is 1.82. The van der Waals surface area contributed by atoms with Crippen LogP contribution in [0.1, 0.15) is 24.0 Å². The van der Waals surface area contributed by atoms with E-state index in [1.54, 1.807) is 0 Å². The van der Waals surface area contributed by atoms with Gasteiger partial charge in [-0.05, 0) is 48.2 Å². The number of halogens is 1. The molecule has 2 aromatic carbocycles. The SMILES string of the molecule is O=C1CC[C@@H](Cc2ccc3c(c2)OCCO3)N1Cc1ccc(Cl)cc1. The van der Waals surface area contributed by atoms with Gasteiger partial charge >= 0.3 is 0 Å². The fraction of sp³-hybridized carbons (Fsp3) is 0.350. The summed E-state index contributed by atoms with van der Waals surface area (Å²) in [5, 5.41) is 0.712. The molecule has 0 N–H and O–H groups in total. The molecule has 1 amide bonds. The van der Waals surface area contributed by atoms with Crippen molar-refractivity contribution in [3.8, 4) is 11.5 Å². The van der Waals surface area contributed by atoms with Crippen LogP contribution in [0.15, 0.2) is 42.5 Å². The molecule has 4 rings (SSSR count). The monoisotopic (exact) mass is 357 g/mol. The first-order valence-corrected chi connectivity index (χ1v) is 8.99. The summed E-state index contributed by atoms with van der Waals surface area (Å²) in [6, 6.07) is 14.0. The van der Waals surface area contributed by atoms with Crippen LogP contribution < -0.4 is 9.47 Å². The van der Waals surface area contributed by atoms with Crippen LogP contribution in [0.3, 0.4) is 0 Å². The lowest BCUT2D eigenvalue weighted by Gasteiger charge is -2.26. The minimum Gasteiger partial charge on any atom is -0.486 e. The second-order valence-corrected chi connectivity index (χ2v) is 6.96. The van der Waals surface area contributed by atoms with Gasteiger partial charge in [-0.3, -0.25) is 4.79 Å². The fourth-order valence-electron chi connectivity index (χ4n) is 3.50. The van der Waals surface area contributed by atoms with Crippen LogP contribution in [0.4, 0.5) is 0 Å². The van der Waals surface area contributed by atoms with E-state index in [1.165, 1.54) is 5.56 Å². The Hall–Kier alpha value is -2.20. The predicted molar refractivity (Wildman–Crippen MR) is 96.2 cm³/mol. The molecule has 25 heavy (non-hydrogen) atoms. The largest absolute Gasteiger partial charge is 0.486 e. The number of amides is 1.